The Morgan fingerprint density at radius 3 is 2.50 bits per heavy atom. The number of benzene rings is 2. The van der Waals surface area contributed by atoms with Crippen LogP contribution in [0.1, 0.15) is 12.5 Å². The minimum Gasteiger partial charge on any atom is -0.466 e. The van der Waals surface area contributed by atoms with Crippen LogP contribution in [0.2, 0.25) is 0 Å². The zero-order valence-corrected chi connectivity index (χ0v) is 15.7. The zero-order valence-electron chi connectivity index (χ0n) is 15.7. The second-order valence-electron chi connectivity index (χ2n) is 7.28. The molecule has 2 heterocycles. The maximum absolute atomic E-state index is 13.1. The molecular formula is C21H22FN3O3. The van der Waals surface area contributed by atoms with Gasteiger partial charge in [0.1, 0.15) is 11.6 Å². The Balaban J connectivity index is 1.40. The van der Waals surface area contributed by atoms with Crippen LogP contribution in [0.4, 0.5) is 10.1 Å². The van der Waals surface area contributed by atoms with Crippen molar-refractivity contribution in [3.05, 3.63) is 59.9 Å². The lowest BCUT2D eigenvalue weighted by molar-refractivity contribution is -0.155. The van der Waals surface area contributed by atoms with Gasteiger partial charge in [-0.05, 0) is 36.8 Å². The van der Waals surface area contributed by atoms with Crippen molar-refractivity contribution < 1.29 is 18.7 Å². The Kier molecular flexibility index (Phi) is 4.77. The lowest BCUT2D eigenvalue weighted by atomic mass is 10.00. The van der Waals surface area contributed by atoms with Gasteiger partial charge in [-0.3, -0.25) is 14.5 Å². The lowest BCUT2D eigenvalue weighted by Crippen LogP contribution is -2.62. The Hall–Kier alpha value is -2.93. The molecule has 0 spiro atoms. The number of nitrogens with zero attached hydrogens (tertiary/aromatic N) is 2. The second-order valence-corrected chi connectivity index (χ2v) is 7.28. The van der Waals surface area contributed by atoms with E-state index in [0.717, 1.165) is 5.56 Å². The molecule has 2 amide bonds. The van der Waals surface area contributed by atoms with E-state index in [0.29, 0.717) is 44.2 Å². The molecule has 2 aromatic carbocycles. The van der Waals surface area contributed by atoms with Gasteiger partial charge in [0, 0.05) is 32.7 Å². The summed E-state index contributed by atoms with van der Waals surface area (Å²) in [5.41, 5.74) is 0.0228. The van der Waals surface area contributed by atoms with E-state index in [4.69, 9.17) is 4.74 Å². The number of anilines is 1. The predicted octanol–water partition coefficient (Wildman–Crippen LogP) is 2.26. The number of ether oxygens (including phenoxy) is 1. The summed E-state index contributed by atoms with van der Waals surface area (Å²) in [6.45, 7) is 4.59. The molecule has 6 nitrogen and oxygen atoms in total. The number of nitrogens with one attached hydrogen (secondary N) is 1. The number of carbonyl (C=O) groups is 2. The van der Waals surface area contributed by atoms with Crippen molar-refractivity contribution in [1.29, 1.82) is 0 Å². The molecule has 0 radical (unpaired) electrons. The van der Waals surface area contributed by atoms with Crippen LogP contribution in [0, 0.1) is 5.82 Å². The Bertz CT molecular complexity index is 894. The lowest BCUT2D eigenvalue weighted by Gasteiger charge is -2.40. The van der Waals surface area contributed by atoms with Gasteiger partial charge in [0.15, 0.2) is 0 Å². The van der Waals surface area contributed by atoms with Crippen LogP contribution in [-0.4, -0.2) is 53.4 Å². The summed E-state index contributed by atoms with van der Waals surface area (Å²) in [6, 6.07) is 13.5. The number of rotatable bonds is 3. The average molecular weight is 383 g/mol. The van der Waals surface area contributed by atoms with Gasteiger partial charge in [0.05, 0.1) is 5.69 Å². The van der Waals surface area contributed by atoms with E-state index in [-0.39, 0.29) is 11.7 Å². The van der Waals surface area contributed by atoms with Crippen molar-refractivity contribution in [3.63, 3.8) is 0 Å². The predicted molar refractivity (Wildman–Crippen MR) is 102 cm³/mol. The SMILES string of the molecule is CC1(C(=O)N2CCN(Cc3ccc(F)cc3)CC2)Oc2ccccc2NC1=O. The fourth-order valence-electron chi connectivity index (χ4n) is 3.57. The number of amides is 2. The Labute approximate surface area is 162 Å². The Morgan fingerprint density at radius 2 is 1.79 bits per heavy atom. The fourth-order valence-corrected chi connectivity index (χ4v) is 3.57. The van der Waals surface area contributed by atoms with E-state index in [1.807, 2.05) is 0 Å². The number of fused-ring (bicyclic) bond motifs is 1. The highest BCUT2D eigenvalue weighted by Crippen LogP contribution is 2.34. The number of piperazine rings is 1. The van der Waals surface area contributed by atoms with Crippen LogP contribution >= 0.6 is 0 Å². The van der Waals surface area contributed by atoms with Crippen LogP contribution in [-0.2, 0) is 16.1 Å². The van der Waals surface area contributed by atoms with Gasteiger partial charge in [-0.25, -0.2) is 4.39 Å². The normalized spacial score (nSPS) is 22.2. The van der Waals surface area contributed by atoms with Crippen molar-refractivity contribution >= 4 is 17.5 Å². The standard InChI is InChI=1S/C21H22FN3O3/c1-21(19(26)23-17-4-2-3-5-18(17)28-21)20(27)25-12-10-24(11-13-25)14-15-6-8-16(22)9-7-15/h2-9H,10-14H2,1H3,(H,23,26). The molecule has 0 aromatic heterocycles. The fraction of sp³-hybridized carbons (Fsp3) is 0.333. The van der Waals surface area contributed by atoms with Crippen molar-refractivity contribution in [2.24, 2.45) is 0 Å². The highest BCUT2D eigenvalue weighted by molar-refractivity contribution is 6.15. The molecule has 1 atom stereocenters. The number of hydrogen-bond donors (Lipinski definition) is 1. The molecule has 1 unspecified atom stereocenters. The number of hydrogen-bond acceptors (Lipinski definition) is 4. The van der Waals surface area contributed by atoms with E-state index in [2.05, 4.69) is 10.2 Å². The van der Waals surface area contributed by atoms with Gasteiger partial charge in [-0.15, -0.1) is 0 Å². The molecule has 146 valence electrons. The van der Waals surface area contributed by atoms with Crippen molar-refractivity contribution in [2.75, 3.05) is 31.5 Å². The summed E-state index contributed by atoms with van der Waals surface area (Å²) in [6.07, 6.45) is 0. The van der Waals surface area contributed by atoms with Crippen LogP contribution < -0.4 is 10.1 Å². The van der Waals surface area contributed by atoms with E-state index in [1.165, 1.54) is 19.1 Å². The maximum Gasteiger partial charge on any atom is 0.278 e. The number of para-hydroxylation sites is 2. The first-order valence-corrected chi connectivity index (χ1v) is 9.31. The summed E-state index contributed by atoms with van der Waals surface area (Å²) >= 11 is 0. The van der Waals surface area contributed by atoms with Crippen molar-refractivity contribution in [3.8, 4) is 5.75 Å². The van der Waals surface area contributed by atoms with E-state index >= 15 is 0 Å². The molecule has 0 saturated carbocycles. The first kappa shape index (κ1) is 18.4. The first-order valence-electron chi connectivity index (χ1n) is 9.31. The van der Waals surface area contributed by atoms with E-state index in [1.54, 1.807) is 41.3 Å². The number of carbonyl (C=O) groups excluding carboxylic acids is 2. The van der Waals surface area contributed by atoms with Crippen LogP contribution in [0.5, 0.6) is 5.75 Å². The quantitative estimate of drug-likeness (QED) is 0.826. The molecule has 1 saturated heterocycles. The summed E-state index contributed by atoms with van der Waals surface area (Å²) in [4.78, 5) is 29.5. The summed E-state index contributed by atoms with van der Waals surface area (Å²) in [7, 11) is 0. The van der Waals surface area contributed by atoms with Gasteiger partial charge < -0.3 is 15.0 Å². The topological polar surface area (TPSA) is 61.9 Å². The molecule has 0 aliphatic carbocycles. The third-order valence-corrected chi connectivity index (χ3v) is 5.27. The van der Waals surface area contributed by atoms with Crippen molar-refractivity contribution in [1.82, 2.24) is 9.80 Å². The van der Waals surface area contributed by atoms with Gasteiger partial charge in [0.25, 0.3) is 17.4 Å². The molecule has 2 aromatic rings. The third kappa shape index (κ3) is 3.45. The summed E-state index contributed by atoms with van der Waals surface area (Å²) < 4.78 is 18.9. The zero-order chi connectivity index (χ0) is 19.7. The highest BCUT2D eigenvalue weighted by atomic mass is 19.1. The molecular weight excluding hydrogens is 361 g/mol. The van der Waals surface area contributed by atoms with E-state index < -0.39 is 11.5 Å². The average Bonchev–Trinajstić information content (AvgIpc) is 2.70. The first-order chi connectivity index (χ1) is 13.5. The third-order valence-electron chi connectivity index (χ3n) is 5.27. The molecule has 2 aliphatic heterocycles. The second kappa shape index (κ2) is 7.24. The van der Waals surface area contributed by atoms with Gasteiger partial charge in [-0.2, -0.15) is 0 Å². The summed E-state index contributed by atoms with van der Waals surface area (Å²) in [5, 5.41) is 2.76. The van der Waals surface area contributed by atoms with Gasteiger partial charge >= 0.3 is 0 Å². The van der Waals surface area contributed by atoms with Crippen LogP contribution in [0.15, 0.2) is 48.5 Å². The minimum absolute atomic E-state index is 0.250. The van der Waals surface area contributed by atoms with Gasteiger partial charge in [0.2, 0.25) is 0 Å². The summed E-state index contributed by atoms with van der Waals surface area (Å²) in [5.74, 6) is -0.543. The highest BCUT2D eigenvalue weighted by Gasteiger charge is 2.49. The molecule has 2 aliphatic rings. The molecule has 1 N–H and O–H groups in total. The molecule has 28 heavy (non-hydrogen) atoms. The molecule has 0 bridgehead atoms. The van der Waals surface area contributed by atoms with Crippen molar-refractivity contribution in [2.45, 2.75) is 19.1 Å². The van der Waals surface area contributed by atoms with Gasteiger partial charge in [-0.1, -0.05) is 24.3 Å². The smallest absolute Gasteiger partial charge is 0.278 e. The minimum atomic E-state index is -1.58. The van der Waals surface area contributed by atoms with E-state index in [9.17, 15) is 14.0 Å². The maximum atomic E-state index is 13.1. The van der Waals surface area contributed by atoms with Crippen LogP contribution in [0.3, 0.4) is 0 Å². The Morgan fingerprint density at radius 1 is 1.11 bits per heavy atom. The molecule has 4 rings (SSSR count). The monoisotopic (exact) mass is 383 g/mol. The molecule has 1 fully saturated rings. The number of halogens is 1. The van der Waals surface area contributed by atoms with Crippen LogP contribution in [0.25, 0.3) is 0 Å². The largest absolute Gasteiger partial charge is 0.466 e. The molecule has 7 heteroatoms.